The molecule has 5 aromatic rings. The Hall–Kier alpha value is -3.53. The van der Waals surface area contributed by atoms with Crippen LogP contribution in [-0.2, 0) is 4.74 Å². The Morgan fingerprint density at radius 1 is 1.15 bits per heavy atom. The van der Waals surface area contributed by atoms with Gasteiger partial charge in [-0.3, -0.25) is 15.0 Å². The number of hydrogen-bond acceptors (Lipinski definition) is 7. The van der Waals surface area contributed by atoms with E-state index >= 15 is 0 Å². The van der Waals surface area contributed by atoms with Crippen LogP contribution in [0.1, 0.15) is 10.4 Å². The van der Waals surface area contributed by atoms with Gasteiger partial charge < -0.3 is 14.5 Å². The van der Waals surface area contributed by atoms with Crippen LogP contribution in [-0.4, -0.2) is 65.2 Å². The van der Waals surface area contributed by atoms with E-state index in [2.05, 4.69) is 25.2 Å². The number of imidazole rings is 1. The Bertz CT molecular complexity index is 1490. The number of thiazole rings is 1. The zero-order chi connectivity index (χ0) is 22.9. The molecule has 1 aliphatic rings. The molecule has 2 aromatic heterocycles. The maximum atomic E-state index is 13.4. The fourth-order valence-corrected chi connectivity index (χ4v) is 5.19. The van der Waals surface area contributed by atoms with Gasteiger partial charge >= 0.3 is 0 Å². The molecule has 0 saturated carbocycles. The van der Waals surface area contributed by atoms with Gasteiger partial charge in [0.15, 0.2) is 5.13 Å². The number of nitrogens with one attached hydrogen (secondary N) is 2. The van der Waals surface area contributed by atoms with Gasteiger partial charge in [-0.1, -0.05) is 35.6 Å². The van der Waals surface area contributed by atoms with Crippen LogP contribution >= 0.6 is 11.3 Å². The monoisotopic (exact) mass is 473 g/mol. The maximum absolute atomic E-state index is 13.4. The fraction of sp³-hybridized carbons (Fsp3) is 0.240. The lowest BCUT2D eigenvalue weighted by molar-refractivity contribution is 0.0322. The first kappa shape index (κ1) is 21.0. The van der Waals surface area contributed by atoms with Crippen molar-refractivity contribution in [2.45, 2.75) is 0 Å². The molecule has 1 amide bonds. The summed E-state index contributed by atoms with van der Waals surface area (Å²) in [5.74, 6) is 0.324. The third-order valence-electron chi connectivity index (χ3n) is 6.03. The molecule has 3 heterocycles. The van der Waals surface area contributed by atoms with E-state index in [1.807, 2.05) is 48.5 Å². The van der Waals surface area contributed by atoms with Crippen molar-refractivity contribution in [3.63, 3.8) is 0 Å². The van der Waals surface area contributed by atoms with Gasteiger partial charge in [-0.2, -0.15) is 0 Å². The summed E-state index contributed by atoms with van der Waals surface area (Å²) in [7, 11) is 0. The first-order valence-electron chi connectivity index (χ1n) is 11.2. The number of hydrogen-bond donors (Lipinski definition) is 2. The summed E-state index contributed by atoms with van der Waals surface area (Å²) < 4.78 is 12.5. The molecule has 3 aromatic carbocycles. The van der Waals surface area contributed by atoms with Crippen LogP contribution in [0.25, 0.3) is 32.0 Å². The number of benzene rings is 3. The zero-order valence-electron chi connectivity index (χ0n) is 18.4. The van der Waals surface area contributed by atoms with Crippen molar-refractivity contribution in [1.82, 2.24) is 19.9 Å². The lowest BCUT2D eigenvalue weighted by atomic mass is 10.1. The van der Waals surface area contributed by atoms with E-state index in [0.29, 0.717) is 23.1 Å². The molecule has 9 heteroatoms. The van der Waals surface area contributed by atoms with Gasteiger partial charge in [0, 0.05) is 19.6 Å². The quantitative estimate of drug-likeness (QED) is 0.382. The number of carbonyl (C=O) groups excluding carboxylic acids is 1. The molecule has 0 radical (unpaired) electrons. The van der Waals surface area contributed by atoms with Crippen LogP contribution in [0.15, 0.2) is 54.9 Å². The van der Waals surface area contributed by atoms with Gasteiger partial charge in [-0.25, -0.2) is 9.97 Å². The minimum absolute atomic E-state index is 0.246. The number of ether oxygens (including phenoxy) is 2. The van der Waals surface area contributed by atoms with Crippen LogP contribution in [0, 0.1) is 0 Å². The summed E-state index contributed by atoms with van der Waals surface area (Å²) in [6, 6.07) is 15.7. The lowest BCUT2D eigenvalue weighted by Crippen LogP contribution is -2.38. The molecule has 1 aliphatic heterocycles. The van der Waals surface area contributed by atoms with Gasteiger partial charge in [0.2, 0.25) is 0 Å². The van der Waals surface area contributed by atoms with E-state index < -0.39 is 0 Å². The van der Waals surface area contributed by atoms with E-state index in [4.69, 9.17) is 9.47 Å². The number of fused-ring (bicyclic) bond motifs is 4. The Morgan fingerprint density at radius 2 is 1.97 bits per heavy atom. The predicted molar refractivity (Wildman–Crippen MR) is 134 cm³/mol. The Labute approximate surface area is 199 Å². The van der Waals surface area contributed by atoms with Crippen molar-refractivity contribution >= 4 is 54.4 Å². The van der Waals surface area contributed by atoms with Gasteiger partial charge in [0.25, 0.3) is 5.91 Å². The molecule has 2 N–H and O–H groups in total. The minimum Gasteiger partial charge on any atom is -0.491 e. The molecule has 0 aliphatic carbocycles. The van der Waals surface area contributed by atoms with E-state index in [9.17, 15) is 4.79 Å². The molecule has 0 bridgehead atoms. The molecule has 0 spiro atoms. The van der Waals surface area contributed by atoms with E-state index in [-0.39, 0.29) is 5.91 Å². The zero-order valence-corrected chi connectivity index (χ0v) is 19.2. The highest BCUT2D eigenvalue weighted by Gasteiger charge is 2.18. The van der Waals surface area contributed by atoms with Crippen molar-refractivity contribution in [2.24, 2.45) is 0 Å². The summed E-state index contributed by atoms with van der Waals surface area (Å²) in [5.41, 5.74) is 3.10. The standard InChI is InChI=1S/C25H23N5O3S/c31-24(29-25-28-20-6-5-19-22(23(20)34-25)27-15-26-19)18-13-16-3-1-2-4-17(16)14-21(18)33-12-9-30-7-10-32-11-8-30/h1-6,13-15H,7-12H2,(H,26,27)(H,28,29,31). The van der Waals surface area contributed by atoms with Gasteiger partial charge in [-0.15, -0.1) is 0 Å². The predicted octanol–water partition coefficient (Wildman–Crippen LogP) is 4.29. The van der Waals surface area contributed by atoms with Crippen LogP contribution in [0.2, 0.25) is 0 Å². The van der Waals surface area contributed by atoms with Gasteiger partial charge in [-0.05, 0) is 35.0 Å². The number of amides is 1. The Morgan fingerprint density at radius 3 is 2.82 bits per heavy atom. The fourth-order valence-electron chi connectivity index (χ4n) is 4.23. The smallest absolute Gasteiger partial charge is 0.261 e. The largest absolute Gasteiger partial charge is 0.491 e. The lowest BCUT2D eigenvalue weighted by Gasteiger charge is -2.26. The molecule has 172 valence electrons. The molecule has 8 nitrogen and oxygen atoms in total. The van der Waals surface area contributed by atoms with E-state index in [1.165, 1.54) is 11.3 Å². The number of morpholine rings is 1. The van der Waals surface area contributed by atoms with Crippen LogP contribution < -0.4 is 10.1 Å². The van der Waals surface area contributed by atoms with Gasteiger partial charge in [0.05, 0.1) is 40.8 Å². The number of carbonyl (C=O) groups is 1. The second-order valence-electron chi connectivity index (χ2n) is 8.18. The second-order valence-corrected chi connectivity index (χ2v) is 9.18. The third-order valence-corrected chi connectivity index (χ3v) is 7.02. The van der Waals surface area contributed by atoms with Crippen LogP contribution in [0.3, 0.4) is 0 Å². The number of rotatable bonds is 6. The highest BCUT2D eigenvalue weighted by molar-refractivity contribution is 7.23. The van der Waals surface area contributed by atoms with Crippen molar-refractivity contribution < 1.29 is 14.3 Å². The van der Waals surface area contributed by atoms with Crippen molar-refractivity contribution in [1.29, 1.82) is 0 Å². The number of H-pyrrole nitrogens is 1. The average Bonchev–Trinajstić information content (AvgIpc) is 3.50. The molecular formula is C25H23N5O3S. The summed E-state index contributed by atoms with van der Waals surface area (Å²) in [6.07, 6.45) is 1.66. The SMILES string of the molecule is O=C(Nc1nc2ccc3[nH]cnc3c2s1)c1cc2ccccc2cc1OCCN1CCOCC1. The van der Waals surface area contributed by atoms with Crippen molar-refractivity contribution in [3.05, 3.63) is 60.4 Å². The summed E-state index contributed by atoms with van der Waals surface area (Å²) in [5, 5.41) is 5.51. The van der Waals surface area contributed by atoms with Crippen LogP contribution in [0.4, 0.5) is 5.13 Å². The van der Waals surface area contributed by atoms with Gasteiger partial charge in [0.1, 0.15) is 17.9 Å². The summed E-state index contributed by atoms with van der Waals surface area (Å²) in [6.45, 7) is 4.57. The number of aromatic amines is 1. The van der Waals surface area contributed by atoms with Crippen LogP contribution in [0.5, 0.6) is 5.75 Å². The van der Waals surface area contributed by atoms with Crippen molar-refractivity contribution in [3.8, 4) is 5.75 Å². The molecule has 1 saturated heterocycles. The molecule has 1 fully saturated rings. The number of anilines is 1. The first-order valence-corrected chi connectivity index (χ1v) is 12.1. The average molecular weight is 474 g/mol. The topological polar surface area (TPSA) is 92.4 Å². The third kappa shape index (κ3) is 4.09. The highest BCUT2D eigenvalue weighted by Crippen LogP contribution is 2.32. The second kappa shape index (κ2) is 9.02. The normalized spacial score (nSPS) is 14.7. The first-order chi connectivity index (χ1) is 16.7. The molecule has 0 atom stereocenters. The Kier molecular flexibility index (Phi) is 5.58. The maximum Gasteiger partial charge on any atom is 0.261 e. The number of nitrogens with zero attached hydrogens (tertiary/aromatic N) is 3. The summed E-state index contributed by atoms with van der Waals surface area (Å²) >= 11 is 1.42. The minimum atomic E-state index is -0.246. The highest BCUT2D eigenvalue weighted by atomic mass is 32.1. The molecular weight excluding hydrogens is 450 g/mol. The van der Waals surface area contributed by atoms with E-state index in [1.54, 1.807) is 6.33 Å². The Balaban J connectivity index is 1.27. The van der Waals surface area contributed by atoms with Crippen molar-refractivity contribution in [2.75, 3.05) is 44.8 Å². The summed E-state index contributed by atoms with van der Waals surface area (Å²) in [4.78, 5) is 27.8. The molecule has 34 heavy (non-hydrogen) atoms. The molecule has 6 rings (SSSR count). The molecule has 0 unspecified atom stereocenters. The van der Waals surface area contributed by atoms with E-state index in [0.717, 1.165) is 64.9 Å². The number of aromatic nitrogens is 3.